The van der Waals surface area contributed by atoms with Crippen molar-refractivity contribution in [1.29, 1.82) is 0 Å². The predicted molar refractivity (Wildman–Crippen MR) is 26.9 cm³/mol. The predicted octanol–water partition coefficient (Wildman–Crippen LogP) is -2.12. The van der Waals surface area contributed by atoms with Gasteiger partial charge in [-0.2, -0.15) is 0 Å². The average Bonchev–Trinajstić information content (AvgIpc) is 1.76. The van der Waals surface area contributed by atoms with Gasteiger partial charge in [0.25, 0.3) is 0 Å². The zero-order valence-corrected chi connectivity index (χ0v) is 4.66. The molecule has 1 rings (SSSR count). The van der Waals surface area contributed by atoms with Gasteiger partial charge >= 0.3 is 18.9 Å². The van der Waals surface area contributed by atoms with Gasteiger partial charge in [0.2, 0.25) is 0 Å². The van der Waals surface area contributed by atoms with E-state index >= 15 is 0 Å². The third-order valence-corrected chi connectivity index (χ3v) is 1.20. The molecule has 0 aromatic carbocycles. The Morgan fingerprint density at radius 1 is 1.83 bits per heavy atom. The van der Waals surface area contributed by atoms with Crippen LogP contribution in [0.3, 0.4) is 0 Å². The second-order valence-electron chi connectivity index (χ2n) is 0.882. The molecule has 0 aliphatic carbocycles. The van der Waals surface area contributed by atoms with Crippen molar-refractivity contribution in [1.82, 2.24) is 0 Å². The molecule has 3 heteroatoms. The van der Waals surface area contributed by atoms with E-state index in [0.29, 0.717) is 0 Å². The second kappa shape index (κ2) is 3.80. The average molecular weight is 95.1 g/mol. The first kappa shape index (κ1) is 6.62. The van der Waals surface area contributed by atoms with Crippen LogP contribution in [0.5, 0.6) is 0 Å². The molecular weight excluding hydrogens is 89.0 g/mol. The molecule has 0 aromatic rings. The van der Waals surface area contributed by atoms with E-state index in [0.717, 1.165) is 6.54 Å². The number of hydrogen-bond acceptors (Lipinski definition) is 2. The van der Waals surface area contributed by atoms with Gasteiger partial charge in [-0.15, -0.1) is 11.8 Å². The minimum atomic E-state index is 0. The molecule has 0 unspecified atom stereocenters. The van der Waals surface area contributed by atoms with Crippen LogP contribution in [0.1, 0.15) is 1.43 Å². The van der Waals surface area contributed by atoms with E-state index in [1.54, 1.807) is 11.8 Å². The van der Waals surface area contributed by atoms with Crippen LogP contribution < -0.4 is 18.9 Å². The molecular formula is C3H6LiNS. The molecule has 0 spiro atoms. The summed E-state index contributed by atoms with van der Waals surface area (Å²) in [5, 5.41) is 0. The Labute approximate surface area is 55.3 Å². The third kappa shape index (κ3) is 1.91. The molecule has 0 aromatic heterocycles. The zero-order chi connectivity index (χ0) is 3.54. The van der Waals surface area contributed by atoms with Crippen LogP contribution in [0.4, 0.5) is 0 Å². The van der Waals surface area contributed by atoms with Crippen molar-refractivity contribution >= 4 is 17.3 Å². The second-order valence-corrected chi connectivity index (χ2v) is 1.83. The van der Waals surface area contributed by atoms with Crippen molar-refractivity contribution in [3.05, 3.63) is 0 Å². The first-order chi connectivity index (χ1) is 2.50. The Balaban J connectivity index is 0. The van der Waals surface area contributed by atoms with Crippen LogP contribution in [-0.2, 0) is 0 Å². The quantitative estimate of drug-likeness (QED) is 0.313. The molecule has 0 bridgehead atoms. The van der Waals surface area contributed by atoms with Crippen molar-refractivity contribution in [2.24, 2.45) is 4.99 Å². The van der Waals surface area contributed by atoms with E-state index in [1.165, 1.54) is 5.75 Å². The summed E-state index contributed by atoms with van der Waals surface area (Å²) >= 11 is 1.78. The van der Waals surface area contributed by atoms with Gasteiger partial charge in [0.1, 0.15) is 0 Å². The van der Waals surface area contributed by atoms with Crippen LogP contribution in [0.2, 0.25) is 0 Å². The molecule has 0 saturated heterocycles. The molecule has 1 nitrogen and oxygen atoms in total. The minimum Gasteiger partial charge on any atom is -1.00 e. The summed E-state index contributed by atoms with van der Waals surface area (Å²) in [5.41, 5.74) is 1.90. The smallest absolute Gasteiger partial charge is 1.00 e. The van der Waals surface area contributed by atoms with Crippen molar-refractivity contribution in [2.75, 3.05) is 12.3 Å². The molecule has 0 saturated carbocycles. The van der Waals surface area contributed by atoms with Crippen molar-refractivity contribution in [3.63, 3.8) is 0 Å². The summed E-state index contributed by atoms with van der Waals surface area (Å²) in [6.07, 6.45) is 0. The molecule has 0 amide bonds. The van der Waals surface area contributed by atoms with Gasteiger partial charge in [-0.05, 0) is 0 Å². The zero-order valence-electron chi connectivity index (χ0n) is 4.85. The van der Waals surface area contributed by atoms with Crippen molar-refractivity contribution in [2.45, 2.75) is 0 Å². The summed E-state index contributed by atoms with van der Waals surface area (Å²) in [6, 6.07) is 0. The van der Waals surface area contributed by atoms with E-state index in [1.807, 2.05) is 5.55 Å². The maximum atomic E-state index is 3.92. The van der Waals surface area contributed by atoms with Gasteiger partial charge in [0.05, 0.1) is 5.55 Å². The van der Waals surface area contributed by atoms with E-state index in [-0.39, 0.29) is 20.3 Å². The van der Waals surface area contributed by atoms with Crippen LogP contribution in [0, 0.1) is 0 Å². The van der Waals surface area contributed by atoms with Gasteiger partial charge in [0, 0.05) is 12.3 Å². The first-order valence-electron chi connectivity index (χ1n) is 1.60. The number of aliphatic imine (C=N–C) groups is 1. The summed E-state index contributed by atoms with van der Waals surface area (Å²) in [6.45, 7) is 1.03. The van der Waals surface area contributed by atoms with Crippen LogP contribution in [0.15, 0.2) is 4.99 Å². The molecule has 1 aliphatic heterocycles. The number of thioether (sulfide) groups is 1. The van der Waals surface area contributed by atoms with E-state index in [4.69, 9.17) is 0 Å². The van der Waals surface area contributed by atoms with Gasteiger partial charge in [-0.3, -0.25) is 4.99 Å². The Hall–Kier alpha value is 0.617. The molecule has 30 valence electrons. The fourth-order valence-electron chi connectivity index (χ4n) is 0.264. The molecule has 1 aliphatic rings. The van der Waals surface area contributed by atoms with Crippen LogP contribution in [-0.4, -0.2) is 17.8 Å². The standard InChI is InChI=1S/C3H5NS.Li.H/c1-2-5-3-4-1;;/h3H,1-2H2;;/q;+1;-1. The normalized spacial score (nSPS) is 17.3. The van der Waals surface area contributed by atoms with Crippen LogP contribution in [0.25, 0.3) is 0 Å². The van der Waals surface area contributed by atoms with Crippen molar-refractivity contribution < 1.29 is 20.3 Å². The van der Waals surface area contributed by atoms with Crippen molar-refractivity contribution in [3.8, 4) is 0 Å². The molecule has 0 radical (unpaired) electrons. The summed E-state index contributed by atoms with van der Waals surface area (Å²) in [5.74, 6) is 1.19. The molecule has 0 fully saturated rings. The number of rotatable bonds is 0. The Bertz CT molecular complexity index is 52.9. The molecule has 6 heavy (non-hydrogen) atoms. The van der Waals surface area contributed by atoms with E-state index in [9.17, 15) is 0 Å². The molecule has 0 atom stereocenters. The van der Waals surface area contributed by atoms with E-state index in [2.05, 4.69) is 4.99 Å². The fourth-order valence-corrected chi connectivity index (χ4v) is 0.791. The number of nitrogens with zero attached hydrogens (tertiary/aromatic N) is 1. The van der Waals surface area contributed by atoms with Gasteiger partial charge in [0.15, 0.2) is 0 Å². The topological polar surface area (TPSA) is 12.4 Å². The first-order valence-corrected chi connectivity index (χ1v) is 2.65. The summed E-state index contributed by atoms with van der Waals surface area (Å²) in [4.78, 5) is 3.92. The maximum Gasteiger partial charge on any atom is 1.00 e. The summed E-state index contributed by atoms with van der Waals surface area (Å²) < 4.78 is 0. The van der Waals surface area contributed by atoms with Gasteiger partial charge < -0.3 is 1.43 Å². The summed E-state index contributed by atoms with van der Waals surface area (Å²) in [7, 11) is 0. The van der Waals surface area contributed by atoms with Gasteiger partial charge in [-0.25, -0.2) is 0 Å². The van der Waals surface area contributed by atoms with Gasteiger partial charge in [-0.1, -0.05) is 0 Å². The van der Waals surface area contributed by atoms with Crippen LogP contribution >= 0.6 is 11.8 Å². The largest absolute Gasteiger partial charge is 1.00 e. The Kier molecular flexibility index (Phi) is 4.19. The Morgan fingerprint density at radius 3 is 2.83 bits per heavy atom. The SMILES string of the molecule is C1=NCCS1.[H-].[Li+]. The molecule has 1 heterocycles. The maximum absolute atomic E-state index is 3.92. The monoisotopic (exact) mass is 95.0 g/mol. The number of hydrogen-bond donors (Lipinski definition) is 0. The van der Waals surface area contributed by atoms with E-state index < -0.39 is 0 Å². The minimum absolute atomic E-state index is 0. The Morgan fingerprint density at radius 2 is 2.67 bits per heavy atom. The fraction of sp³-hybridized carbons (Fsp3) is 0.667. The molecule has 0 N–H and O–H groups in total. The third-order valence-electron chi connectivity index (χ3n) is 0.487.